The van der Waals surface area contributed by atoms with Crippen LogP contribution in [0.1, 0.15) is 27.0 Å². The first kappa shape index (κ1) is 17.9. The zero-order chi connectivity index (χ0) is 18.7. The lowest BCUT2D eigenvalue weighted by atomic mass is 10.0. The highest BCUT2D eigenvalue weighted by molar-refractivity contribution is 5.94. The molecule has 1 N–H and O–H groups in total. The summed E-state index contributed by atoms with van der Waals surface area (Å²) < 4.78 is 13.0. The number of nitrogens with zero attached hydrogens (tertiary/aromatic N) is 1. The fourth-order valence-electron chi connectivity index (χ4n) is 3.12. The van der Waals surface area contributed by atoms with Gasteiger partial charge >= 0.3 is 0 Å². The minimum absolute atomic E-state index is 0.0124. The highest BCUT2D eigenvalue weighted by atomic mass is 19.1. The van der Waals surface area contributed by atoms with E-state index < -0.39 is 0 Å². The van der Waals surface area contributed by atoms with E-state index in [1.165, 1.54) is 34.7 Å². The van der Waals surface area contributed by atoms with Gasteiger partial charge in [0.15, 0.2) is 0 Å². The van der Waals surface area contributed by atoms with Crippen molar-refractivity contribution >= 4 is 17.9 Å². The lowest BCUT2D eigenvalue weighted by Crippen LogP contribution is -2.35. The quantitative estimate of drug-likeness (QED) is 0.861. The summed E-state index contributed by atoms with van der Waals surface area (Å²) in [6, 6.07) is 11.5. The average molecular weight is 352 g/mol. The van der Waals surface area contributed by atoms with Crippen LogP contribution < -0.4 is 5.32 Å². The number of carbonyl (C=O) groups is 2. The van der Waals surface area contributed by atoms with Crippen molar-refractivity contribution in [2.45, 2.75) is 18.9 Å². The Balaban J connectivity index is 1.71. The van der Waals surface area contributed by atoms with E-state index in [1.807, 2.05) is 24.3 Å². The first-order valence-electron chi connectivity index (χ1n) is 8.50. The van der Waals surface area contributed by atoms with Gasteiger partial charge in [-0.2, -0.15) is 0 Å². The molecule has 2 aromatic carbocycles. The third kappa shape index (κ3) is 3.99. The van der Waals surface area contributed by atoms with Crippen LogP contribution in [0.25, 0.3) is 6.08 Å². The maximum absolute atomic E-state index is 13.0. The molecule has 0 fully saturated rings. The number of benzene rings is 2. The second kappa shape index (κ2) is 7.52. The minimum Gasteiger partial charge on any atom is -0.349 e. The number of amides is 2. The second-order valence-corrected chi connectivity index (χ2v) is 6.64. The van der Waals surface area contributed by atoms with Crippen molar-refractivity contribution in [3.05, 3.63) is 76.6 Å². The zero-order valence-electron chi connectivity index (χ0n) is 14.8. The number of likely N-dealkylation sites (N-methyl/N-ethyl adjacent to an activating group) is 1. The Kier molecular flexibility index (Phi) is 5.16. The van der Waals surface area contributed by atoms with Crippen molar-refractivity contribution in [1.82, 2.24) is 10.2 Å². The van der Waals surface area contributed by atoms with Gasteiger partial charge < -0.3 is 10.2 Å². The maximum Gasteiger partial charge on any atom is 0.251 e. The molecule has 1 atom stereocenters. The number of carbonyl (C=O) groups excluding carboxylic acids is 2. The molecule has 5 heteroatoms. The predicted octanol–water partition coefficient (Wildman–Crippen LogP) is 2.82. The van der Waals surface area contributed by atoms with Crippen LogP contribution in [0.3, 0.4) is 0 Å². The topological polar surface area (TPSA) is 49.4 Å². The number of hydrogen-bond donors (Lipinski definition) is 1. The SMILES string of the molecule is CN(C)C(=O)/C=C/c1cccc2c1CC(NC(=O)c1ccc(F)cc1)C2. The van der Waals surface area contributed by atoms with Crippen LogP contribution in [0.4, 0.5) is 4.39 Å². The predicted molar refractivity (Wildman–Crippen MR) is 99.2 cm³/mol. The fraction of sp³-hybridized carbons (Fsp3) is 0.238. The van der Waals surface area contributed by atoms with E-state index in [0.717, 1.165) is 17.5 Å². The van der Waals surface area contributed by atoms with Crippen molar-refractivity contribution in [1.29, 1.82) is 0 Å². The summed E-state index contributed by atoms with van der Waals surface area (Å²) in [5.41, 5.74) is 3.77. The van der Waals surface area contributed by atoms with Crippen molar-refractivity contribution in [2.24, 2.45) is 0 Å². The van der Waals surface area contributed by atoms with Gasteiger partial charge in [0.2, 0.25) is 5.91 Å². The summed E-state index contributed by atoms with van der Waals surface area (Å²) in [5, 5.41) is 3.01. The minimum atomic E-state index is -0.362. The molecule has 26 heavy (non-hydrogen) atoms. The van der Waals surface area contributed by atoms with Crippen LogP contribution in [-0.2, 0) is 17.6 Å². The van der Waals surface area contributed by atoms with Crippen LogP contribution >= 0.6 is 0 Å². The van der Waals surface area contributed by atoms with E-state index in [1.54, 1.807) is 20.2 Å². The average Bonchev–Trinajstić information content (AvgIpc) is 3.02. The summed E-state index contributed by atoms with van der Waals surface area (Å²) in [5.74, 6) is -0.636. The maximum atomic E-state index is 13.0. The molecule has 0 saturated carbocycles. The standard InChI is InChI=1S/C21H21FN2O2/c1-24(2)20(25)11-8-14-4-3-5-16-12-18(13-19(14)16)23-21(26)15-6-9-17(22)10-7-15/h3-11,18H,12-13H2,1-2H3,(H,23,26)/b11-8+. The van der Waals surface area contributed by atoms with E-state index in [4.69, 9.17) is 0 Å². The Morgan fingerprint density at radius 1 is 1.12 bits per heavy atom. The molecule has 4 nitrogen and oxygen atoms in total. The number of halogens is 1. The third-order valence-electron chi connectivity index (χ3n) is 4.51. The van der Waals surface area contributed by atoms with Gasteiger partial charge in [-0.3, -0.25) is 9.59 Å². The van der Waals surface area contributed by atoms with Gasteiger partial charge in [-0.25, -0.2) is 4.39 Å². The molecule has 0 saturated heterocycles. The molecule has 0 heterocycles. The summed E-state index contributed by atoms with van der Waals surface area (Å²) in [6.45, 7) is 0. The van der Waals surface area contributed by atoms with Gasteiger partial charge in [0.25, 0.3) is 5.91 Å². The van der Waals surface area contributed by atoms with E-state index >= 15 is 0 Å². The Morgan fingerprint density at radius 3 is 2.54 bits per heavy atom. The summed E-state index contributed by atoms with van der Waals surface area (Å²) >= 11 is 0. The molecular formula is C21H21FN2O2. The third-order valence-corrected chi connectivity index (χ3v) is 4.51. The van der Waals surface area contributed by atoms with Crippen molar-refractivity contribution in [3.8, 4) is 0 Å². The zero-order valence-corrected chi connectivity index (χ0v) is 14.8. The lowest BCUT2D eigenvalue weighted by molar-refractivity contribution is -0.123. The smallest absolute Gasteiger partial charge is 0.251 e. The highest BCUT2D eigenvalue weighted by Gasteiger charge is 2.24. The number of nitrogens with one attached hydrogen (secondary N) is 1. The molecule has 2 amide bonds. The highest BCUT2D eigenvalue weighted by Crippen LogP contribution is 2.27. The van der Waals surface area contributed by atoms with Gasteiger partial charge in [0.05, 0.1) is 0 Å². The summed E-state index contributed by atoms with van der Waals surface area (Å²) in [7, 11) is 3.42. The van der Waals surface area contributed by atoms with Gasteiger partial charge in [-0.15, -0.1) is 0 Å². The molecule has 0 spiro atoms. The fourth-order valence-corrected chi connectivity index (χ4v) is 3.12. The lowest BCUT2D eigenvalue weighted by Gasteiger charge is -2.12. The molecule has 0 aliphatic heterocycles. The van der Waals surface area contributed by atoms with E-state index in [2.05, 4.69) is 5.32 Å². The van der Waals surface area contributed by atoms with Gasteiger partial charge in [-0.1, -0.05) is 18.2 Å². The van der Waals surface area contributed by atoms with Crippen LogP contribution in [0.15, 0.2) is 48.5 Å². The Hall–Kier alpha value is -2.95. The van der Waals surface area contributed by atoms with Crippen LogP contribution in [0, 0.1) is 5.82 Å². The molecule has 134 valence electrons. The largest absolute Gasteiger partial charge is 0.349 e. The Bertz CT molecular complexity index is 857. The molecule has 0 radical (unpaired) electrons. The van der Waals surface area contributed by atoms with Crippen molar-refractivity contribution in [3.63, 3.8) is 0 Å². The van der Waals surface area contributed by atoms with Gasteiger partial charge in [0, 0.05) is 31.8 Å². The van der Waals surface area contributed by atoms with Crippen LogP contribution in [-0.4, -0.2) is 36.9 Å². The van der Waals surface area contributed by atoms with Crippen molar-refractivity contribution < 1.29 is 14.0 Å². The monoisotopic (exact) mass is 352 g/mol. The molecule has 1 aliphatic rings. The Labute approximate surface area is 152 Å². The molecule has 1 unspecified atom stereocenters. The van der Waals surface area contributed by atoms with E-state index in [9.17, 15) is 14.0 Å². The molecule has 2 aromatic rings. The first-order valence-corrected chi connectivity index (χ1v) is 8.50. The molecule has 1 aliphatic carbocycles. The molecular weight excluding hydrogens is 331 g/mol. The second-order valence-electron chi connectivity index (χ2n) is 6.64. The normalized spacial score (nSPS) is 15.7. The molecule has 0 bridgehead atoms. The van der Waals surface area contributed by atoms with Gasteiger partial charge in [-0.05, 0) is 59.9 Å². The van der Waals surface area contributed by atoms with Crippen LogP contribution in [0.2, 0.25) is 0 Å². The van der Waals surface area contributed by atoms with E-state index in [-0.39, 0.29) is 23.7 Å². The summed E-state index contributed by atoms with van der Waals surface area (Å²) in [4.78, 5) is 25.6. The van der Waals surface area contributed by atoms with Crippen LogP contribution in [0.5, 0.6) is 0 Å². The molecule has 0 aromatic heterocycles. The Morgan fingerprint density at radius 2 is 1.85 bits per heavy atom. The molecule has 3 rings (SSSR count). The number of fused-ring (bicyclic) bond motifs is 1. The van der Waals surface area contributed by atoms with Gasteiger partial charge in [0.1, 0.15) is 5.82 Å². The number of rotatable bonds is 4. The first-order chi connectivity index (χ1) is 12.4. The number of hydrogen-bond acceptors (Lipinski definition) is 2. The van der Waals surface area contributed by atoms with Crippen molar-refractivity contribution in [2.75, 3.05) is 14.1 Å². The summed E-state index contributed by atoms with van der Waals surface area (Å²) in [6.07, 6.45) is 4.83. The van der Waals surface area contributed by atoms with E-state index in [0.29, 0.717) is 12.0 Å².